The molecule has 96 valence electrons. The lowest BCUT2D eigenvalue weighted by Gasteiger charge is -2.33. The van der Waals surface area contributed by atoms with E-state index in [0.717, 1.165) is 24.4 Å². The molecule has 0 aromatic rings. The summed E-state index contributed by atoms with van der Waals surface area (Å²) in [4.78, 5) is 2.72. The number of likely N-dealkylation sites (tertiary alicyclic amines) is 1. The van der Waals surface area contributed by atoms with Gasteiger partial charge in [-0.25, -0.2) is 0 Å². The quantitative estimate of drug-likeness (QED) is 0.775. The molecule has 2 atom stereocenters. The minimum absolute atomic E-state index is 0.723. The Morgan fingerprint density at radius 3 is 2.56 bits per heavy atom. The van der Waals surface area contributed by atoms with Gasteiger partial charge in [-0.15, -0.1) is 0 Å². The number of rotatable bonds is 5. The zero-order chi connectivity index (χ0) is 12.0. The summed E-state index contributed by atoms with van der Waals surface area (Å²) in [6, 6.07) is 0.723. The standard InChI is InChI=1S/C14H30N2/c1-5-13-7-6-9-16(10-8-13)14(11-15-4)12(2)3/h12-15H,5-11H2,1-4H3. The number of hydrogen-bond donors (Lipinski definition) is 1. The first-order chi connectivity index (χ1) is 7.69. The third-order valence-electron chi connectivity index (χ3n) is 4.11. The molecule has 1 aliphatic heterocycles. The maximum Gasteiger partial charge on any atom is 0.0243 e. The summed E-state index contributed by atoms with van der Waals surface area (Å²) in [6.07, 6.45) is 5.61. The summed E-state index contributed by atoms with van der Waals surface area (Å²) in [5, 5.41) is 3.35. The fourth-order valence-corrected chi connectivity index (χ4v) is 2.92. The van der Waals surface area contributed by atoms with Gasteiger partial charge in [0.1, 0.15) is 0 Å². The summed E-state index contributed by atoms with van der Waals surface area (Å²) in [5.74, 6) is 1.73. The highest BCUT2D eigenvalue weighted by molar-refractivity contribution is 4.79. The van der Waals surface area contributed by atoms with Crippen molar-refractivity contribution in [2.75, 3.05) is 26.7 Å². The van der Waals surface area contributed by atoms with Crippen LogP contribution in [-0.4, -0.2) is 37.6 Å². The second kappa shape index (κ2) is 7.29. The van der Waals surface area contributed by atoms with Crippen molar-refractivity contribution in [1.82, 2.24) is 10.2 Å². The number of likely N-dealkylation sites (N-methyl/N-ethyl adjacent to an activating group) is 1. The van der Waals surface area contributed by atoms with Gasteiger partial charge in [-0.1, -0.05) is 27.2 Å². The fourth-order valence-electron chi connectivity index (χ4n) is 2.92. The second-order valence-electron chi connectivity index (χ2n) is 5.61. The molecule has 1 aliphatic rings. The summed E-state index contributed by atoms with van der Waals surface area (Å²) in [5.41, 5.74) is 0. The molecule has 0 bridgehead atoms. The first-order valence-electron chi connectivity index (χ1n) is 7.07. The molecular weight excluding hydrogens is 196 g/mol. The van der Waals surface area contributed by atoms with E-state index in [1.807, 2.05) is 0 Å². The van der Waals surface area contributed by atoms with E-state index in [-0.39, 0.29) is 0 Å². The van der Waals surface area contributed by atoms with Crippen LogP contribution in [0.25, 0.3) is 0 Å². The van der Waals surface area contributed by atoms with Gasteiger partial charge in [0, 0.05) is 12.6 Å². The number of nitrogens with zero attached hydrogens (tertiary/aromatic N) is 1. The fraction of sp³-hybridized carbons (Fsp3) is 1.00. The second-order valence-corrected chi connectivity index (χ2v) is 5.61. The zero-order valence-corrected chi connectivity index (χ0v) is 11.6. The highest BCUT2D eigenvalue weighted by Gasteiger charge is 2.24. The maximum atomic E-state index is 3.35. The molecule has 0 spiro atoms. The van der Waals surface area contributed by atoms with Crippen LogP contribution in [0.3, 0.4) is 0 Å². The Morgan fingerprint density at radius 1 is 1.25 bits per heavy atom. The van der Waals surface area contributed by atoms with E-state index in [1.165, 1.54) is 38.8 Å². The predicted octanol–water partition coefficient (Wildman–Crippen LogP) is 2.74. The molecule has 2 nitrogen and oxygen atoms in total. The van der Waals surface area contributed by atoms with Crippen molar-refractivity contribution in [2.45, 2.75) is 52.5 Å². The van der Waals surface area contributed by atoms with Gasteiger partial charge in [-0.2, -0.15) is 0 Å². The Morgan fingerprint density at radius 2 is 2.00 bits per heavy atom. The molecule has 1 fully saturated rings. The molecule has 1 N–H and O–H groups in total. The molecule has 1 saturated heterocycles. The van der Waals surface area contributed by atoms with E-state index in [2.05, 4.69) is 38.0 Å². The van der Waals surface area contributed by atoms with Gasteiger partial charge in [0.15, 0.2) is 0 Å². The maximum absolute atomic E-state index is 3.35. The van der Waals surface area contributed by atoms with Crippen LogP contribution in [0.1, 0.15) is 46.5 Å². The normalized spacial score (nSPS) is 25.7. The van der Waals surface area contributed by atoms with Crippen molar-refractivity contribution in [3.8, 4) is 0 Å². The van der Waals surface area contributed by atoms with Crippen molar-refractivity contribution >= 4 is 0 Å². The highest BCUT2D eigenvalue weighted by Crippen LogP contribution is 2.23. The van der Waals surface area contributed by atoms with Crippen LogP contribution in [0.2, 0.25) is 0 Å². The third kappa shape index (κ3) is 4.06. The van der Waals surface area contributed by atoms with Crippen LogP contribution in [0.5, 0.6) is 0 Å². The molecule has 0 aromatic heterocycles. The molecule has 0 amide bonds. The van der Waals surface area contributed by atoms with Gasteiger partial charge in [0.25, 0.3) is 0 Å². The van der Waals surface area contributed by atoms with Gasteiger partial charge >= 0.3 is 0 Å². The van der Waals surface area contributed by atoms with Crippen molar-refractivity contribution in [1.29, 1.82) is 0 Å². The van der Waals surface area contributed by atoms with Gasteiger partial charge < -0.3 is 5.32 Å². The Hall–Kier alpha value is -0.0800. The summed E-state index contributed by atoms with van der Waals surface area (Å²) in [6.45, 7) is 10.8. The van der Waals surface area contributed by atoms with E-state index in [4.69, 9.17) is 0 Å². The molecule has 2 heteroatoms. The summed E-state index contributed by atoms with van der Waals surface area (Å²) < 4.78 is 0. The lowest BCUT2D eigenvalue weighted by atomic mass is 9.98. The van der Waals surface area contributed by atoms with Crippen LogP contribution in [-0.2, 0) is 0 Å². The van der Waals surface area contributed by atoms with Gasteiger partial charge in [-0.05, 0) is 51.2 Å². The molecule has 0 radical (unpaired) electrons. The van der Waals surface area contributed by atoms with Gasteiger partial charge in [-0.3, -0.25) is 4.90 Å². The lowest BCUT2D eigenvalue weighted by molar-refractivity contribution is 0.157. The first kappa shape index (κ1) is 14.0. The predicted molar refractivity (Wildman–Crippen MR) is 71.8 cm³/mol. The van der Waals surface area contributed by atoms with E-state index < -0.39 is 0 Å². The zero-order valence-electron chi connectivity index (χ0n) is 11.6. The van der Waals surface area contributed by atoms with Crippen LogP contribution in [0.15, 0.2) is 0 Å². The van der Waals surface area contributed by atoms with E-state index in [9.17, 15) is 0 Å². The van der Waals surface area contributed by atoms with Crippen molar-refractivity contribution in [3.05, 3.63) is 0 Å². The Kier molecular flexibility index (Phi) is 6.37. The Bertz CT molecular complexity index is 180. The molecule has 16 heavy (non-hydrogen) atoms. The smallest absolute Gasteiger partial charge is 0.0243 e. The lowest BCUT2D eigenvalue weighted by Crippen LogP contribution is -2.45. The van der Waals surface area contributed by atoms with E-state index >= 15 is 0 Å². The third-order valence-corrected chi connectivity index (χ3v) is 4.11. The van der Waals surface area contributed by atoms with Gasteiger partial charge in [0.2, 0.25) is 0 Å². The molecular formula is C14H30N2. The number of hydrogen-bond acceptors (Lipinski definition) is 2. The number of nitrogens with one attached hydrogen (secondary N) is 1. The average molecular weight is 226 g/mol. The van der Waals surface area contributed by atoms with Crippen molar-refractivity contribution in [2.24, 2.45) is 11.8 Å². The Labute approximate surface area is 102 Å². The molecule has 0 saturated carbocycles. The first-order valence-corrected chi connectivity index (χ1v) is 7.07. The molecule has 0 aliphatic carbocycles. The molecule has 2 unspecified atom stereocenters. The van der Waals surface area contributed by atoms with Gasteiger partial charge in [0.05, 0.1) is 0 Å². The van der Waals surface area contributed by atoms with E-state index in [1.54, 1.807) is 0 Å². The largest absolute Gasteiger partial charge is 0.318 e. The van der Waals surface area contributed by atoms with E-state index in [0.29, 0.717) is 0 Å². The highest BCUT2D eigenvalue weighted by atomic mass is 15.2. The monoisotopic (exact) mass is 226 g/mol. The topological polar surface area (TPSA) is 15.3 Å². The van der Waals surface area contributed by atoms with Crippen molar-refractivity contribution < 1.29 is 0 Å². The Balaban J connectivity index is 2.50. The summed E-state index contributed by atoms with van der Waals surface area (Å²) >= 11 is 0. The van der Waals surface area contributed by atoms with Crippen LogP contribution >= 0.6 is 0 Å². The minimum atomic E-state index is 0.723. The van der Waals surface area contributed by atoms with Crippen LogP contribution < -0.4 is 5.32 Å². The summed E-state index contributed by atoms with van der Waals surface area (Å²) in [7, 11) is 2.07. The SMILES string of the molecule is CCC1CCCN(C(CNC)C(C)C)CC1. The molecule has 1 heterocycles. The average Bonchev–Trinajstić information content (AvgIpc) is 2.50. The molecule has 0 aromatic carbocycles. The molecule has 1 rings (SSSR count). The van der Waals surface area contributed by atoms with Crippen LogP contribution in [0.4, 0.5) is 0 Å². The van der Waals surface area contributed by atoms with Crippen molar-refractivity contribution in [3.63, 3.8) is 0 Å². The minimum Gasteiger partial charge on any atom is -0.318 e. The van der Waals surface area contributed by atoms with Crippen LogP contribution in [0, 0.1) is 11.8 Å².